The number of hydrogen-bond acceptors (Lipinski definition) is 4. The third kappa shape index (κ3) is 2.59. The maximum Gasteiger partial charge on any atom is 0.331 e. The summed E-state index contributed by atoms with van der Waals surface area (Å²) in [5.74, 6) is -0.170. The van der Waals surface area contributed by atoms with Crippen molar-refractivity contribution in [1.82, 2.24) is 9.55 Å². The van der Waals surface area contributed by atoms with Gasteiger partial charge < -0.3 is 5.11 Å². The third-order valence-corrected chi connectivity index (χ3v) is 5.42. The Morgan fingerprint density at radius 1 is 1.37 bits per heavy atom. The van der Waals surface area contributed by atoms with E-state index in [1.807, 2.05) is 6.26 Å². The monoisotopic (exact) mass is 284 g/mol. The molecule has 0 saturated heterocycles. The quantitative estimate of drug-likeness (QED) is 0.878. The molecule has 5 nitrogen and oxygen atoms in total. The van der Waals surface area contributed by atoms with Crippen LogP contribution in [0.4, 0.5) is 0 Å². The fourth-order valence-corrected chi connectivity index (χ4v) is 3.76. The second-order valence-electron chi connectivity index (χ2n) is 5.10. The van der Waals surface area contributed by atoms with Gasteiger partial charge in [0.05, 0.1) is 5.56 Å². The molecule has 1 fully saturated rings. The fraction of sp³-hybridized carbons (Fsp3) is 0.692. The molecule has 0 unspecified atom stereocenters. The molecule has 19 heavy (non-hydrogen) atoms. The minimum atomic E-state index is -0.514. The van der Waals surface area contributed by atoms with E-state index in [4.69, 9.17) is 0 Å². The smallest absolute Gasteiger partial charge is 0.331 e. The highest BCUT2D eigenvalue weighted by Gasteiger charge is 2.34. The normalized spacial score (nSPS) is 17.8. The Bertz CT molecular complexity index is 570. The van der Waals surface area contributed by atoms with Gasteiger partial charge in [-0.15, -0.1) is 0 Å². The Balaban J connectivity index is 2.45. The van der Waals surface area contributed by atoms with Crippen LogP contribution in [-0.2, 0) is 13.0 Å². The number of thioether (sulfide) groups is 1. The first kappa shape index (κ1) is 14.2. The molecule has 1 saturated carbocycles. The van der Waals surface area contributed by atoms with E-state index in [0.29, 0.717) is 13.0 Å². The maximum absolute atomic E-state index is 11.9. The molecule has 0 atom stereocenters. The van der Waals surface area contributed by atoms with Gasteiger partial charge in [0.1, 0.15) is 0 Å². The lowest BCUT2D eigenvalue weighted by Crippen LogP contribution is -2.38. The molecule has 1 aliphatic rings. The highest BCUT2D eigenvalue weighted by atomic mass is 32.2. The van der Waals surface area contributed by atoms with Crippen LogP contribution < -0.4 is 11.2 Å². The van der Waals surface area contributed by atoms with Crippen LogP contribution in [0.5, 0.6) is 5.88 Å². The van der Waals surface area contributed by atoms with Crippen molar-refractivity contribution in [3.8, 4) is 5.88 Å². The summed E-state index contributed by atoms with van der Waals surface area (Å²) >= 11 is 1.75. The summed E-state index contributed by atoms with van der Waals surface area (Å²) in [5.41, 5.74) is -0.709. The van der Waals surface area contributed by atoms with Gasteiger partial charge in [-0.05, 0) is 25.5 Å². The zero-order valence-electron chi connectivity index (χ0n) is 11.4. The molecule has 106 valence electrons. The number of H-pyrrole nitrogens is 1. The van der Waals surface area contributed by atoms with Crippen molar-refractivity contribution in [2.45, 2.75) is 50.3 Å². The lowest BCUT2D eigenvalue weighted by atomic mass is 10.1. The molecule has 1 aromatic rings. The van der Waals surface area contributed by atoms with E-state index in [9.17, 15) is 14.7 Å². The van der Waals surface area contributed by atoms with E-state index in [1.165, 1.54) is 4.57 Å². The van der Waals surface area contributed by atoms with E-state index in [0.717, 1.165) is 25.7 Å². The van der Waals surface area contributed by atoms with Crippen LogP contribution in [0.1, 0.15) is 38.2 Å². The second kappa shape index (κ2) is 5.45. The summed E-state index contributed by atoms with van der Waals surface area (Å²) in [6, 6.07) is 0. The minimum Gasteiger partial charge on any atom is -0.494 e. The molecular weight excluding hydrogens is 264 g/mol. The predicted octanol–water partition coefficient (Wildman–Crippen LogP) is 1.48. The Morgan fingerprint density at radius 3 is 2.53 bits per heavy atom. The van der Waals surface area contributed by atoms with Crippen molar-refractivity contribution >= 4 is 11.8 Å². The van der Waals surface area contributed by atoms with Gasteiger partial charge in [0, 0.05) is 11.3 Å². The van der Waals surface area contributed by atoms with Crippen LogP contribution in [-0.4, -0.2) is 25.7 Å². The van der Waals surface area contributed by atoms with Crippen molar-refractivity contribution in [1.29, 1.82) is 0 Å². The van der Waals surface area contributed by atoms with Crippen LogP contribution in [0.15, 0.2) is 9.59 Å². The lowest BCUT2D eigenvalue weighted by Gasteiger charge is -2.28. The van der Waals surface area contributed by atoms with Crippen LogP contribution in [0, 0.1) is 0 Å². The molecule has 0 amide bonds. The first-order valence-corrected chi connectivity index (χ1v) is 7.85. The van der Waals surface area contributed by atoms with Crippen molar-refractivity contribution in [3.05, 3.63) is 26.4 Å². The number of nitrogens with one attached hydrogen (secondary N) is 1. The first-order chi connectivity index (χ1) is 9.03. The molecule has 1 aromatic heterocycles. The number of aromatic amines is 1. The van der Waals surface area contributed by atoms with Crippen molar-refractivity contribution in [2.75, 3.05) is 6.26 Å². The number of aromatic nitrogens is 2. The standard InChI is InChI=1S/C13H20N2O3S/c1-3-9-10(16)14-12(18)15(11(9)17)8-13(19-2)6-4-5-7-13/h17H,3-8H2,1-2H3,(H,14,16,18). The molecule has 1 aliphatic carbocycles. The SMILES string of the molecule is CCc1c(O)n(CC2(SC)CCCC2)c(=O)[nH]c1=O. The van der Waals surface area contributed by atoms with Gasteiger partial charge in [-0.3, -0.25) is 14.3 Å². The van der Waals surface area contributed by atoms with Gasteiger partial charge >= 0.3 is 5.69 Å². The topological polar surface area (TPSA) is 75.1 Å². The Labute approximate surface area is 116 Å². The highest BCUT2D eigenvalue weighted by molar-refractivity contribution is 8.00. The van der Waals surface area contributed by atoms with Gasteiger partial charge in [-0.2, -0.15) is 11.8 Å². The molecule has 6 heteroatoms. The first-order valence-electron chi connectivity index (χ1n) is 6.63. The molecule has 0 bridgehead atoms. The fourth-order valence-electron chi connectivity index (χ4n) is 2.80. The average Bonchev–Trinajstić information content (AvgIpc) is 2.84. The van der Waals surface area contributed by atoms with E-state index in [1.54, 1.807) is 18.7 Å². The number of aromatic hydroxyl groups is 1. The Kier molecular flexibility index (Phi) is 4.08. The molecule has 0 aromatic carbocycles. The van der Waals surface area contributed by atoms with Crippen molar-refractivity contribution < 1.29 is 5.11 Å². The number of nitrogens with zero attached hydrogens (tertiary/aromatic N) is 1. The highest BCUT2D eigenvalue weighted by Crippen LogP contribution is 2.41. The second-order valence-corrected chi connectivity index (χ2v) is 6.37. The van der Waals surface area contributed by atoms with Gasteiger partial charge in [-0.25, -0.2) is 4.79 Å². The zero-order chi connectivity index (χ0) is 14.0. The Hall–Kier alpha value is -1.17. The molecule has 0 aliphatic heterocycles. The molecule has 0 spiro atoms. The van der Waals surface area contributed by atoms with E-state index >= 15 is 0 Å². The summed E-state index contributed by atoms with van der Waals surface area (Å²) in [4.78, 5) is 25.8. The van der Waals surface area contributed by atoms with Crippen LogP contribution in [0.3, 0.4) is 0 Å². The van der Waals surface area contributed by atoms with Gasteiger partial charge in [0.2, 0.25) is 5.88 Å². The predicted molar refractivity (Wildman–Crippen MR) is 77.1 cm³/mol. The van der Waals surface area contributed by atoms with Gasteiger partial charge in [-0.1, -0.05) is 19.8 Å². The molecule has 1 heterocycles. The third-order valence-electron chi connectivity index (χ3n) is 4.01. The molecule has 2 N–H and O–H groups in total. The minimum absolute atomic E-state index is 0.00452. The average molecular weight is 284 g/mol. The lowest BCUT2D eigenvalue weighted by molar-refractivity contribution is 0.369. The zero-order valence-corrected chi connectivity index (χ0v) is 12.2. The van der Waals surface area contributed by atoms with E-state index < -0.39 is 11.2 Å². The number of rotatable bonds is 4. The molecule has 2 rings (SSSR count). The van der Waals surface area contributed by atoms with Gasteiger partial charge in [0.15, 0.2) is 0 Å². The Morgan fingerprint density at radius 2 is 2.00 bits per heavy atom. The van der Waals surface area contributed by atoms with E-state index in [2.05, 4.69) is 4.98 Å². The van der Waals surface area contributed by atoms with Crippen molar-refractivity contribution in [3.63, 3.8) is 0 Å². The maximum atomic E-state index is 11.9. The van der Waals surface area contributed by atoms with Crippen molar-refractivity contribution in [2.24, 2.45) is 0 Å². The van der Waals surface area contributed by atoms with Gasteiger partial charge in [0.25, 0.3) is 5.56 Å². The van der Waals surface area contributed by atoms with Crippen LogP contribution >= 0.6 is 11.8 Å². The summed E-state index contributed by atoms with van der Waals surface area (Å²) in [7, 11) is 0. The number of hydrogen-bond donors (Lipinski definition) is 2. The summed E-state index contributed by atoms with van der Waals surface area (Å²) in [6.45, 7) is 2.25. The summed E-state index contributed by atoms with van der Waals surface area (Å²) < 4.78 is 1.33. The summed E-state index contributed by atoms with van der Waals surface area (Å²) in [6.07, 6.45) is 6.84. The van der Waals surface area contributed by atoms with Crippen LogP contribution in [0.25, 0.3) is 0 Å². The summed E-state index contributed by atoms with van der Waals surface area (Å²) in [5, 5.41) is 10.2. The molecular formula is C13H20N2O3S. The largest absolute Gasteiger partial charge is 0.494 e. The van der Waals surface area contributed by atoms with Crippen LogP contribution in [0.2, 0.25) is 0 Å². The molecule has 0 radical (unpaired) electrons. The van der Waals surface area contributed by atoms with E-state index in [-0.39, 0.29) is 16.2 Å².